The van der Waals surface area contributed by atoms with Crippen LogP contribution in [0.3, 0.4) is 0 Å². The van der Waals surface area contributed by atoms with Crippen molar-refractivity contribution < 1.29 is 9.90 Å². The number of carboxylic acids is 1. The van der Waals surface area contributed by atoms with Crippen molar-refractivity contribution in [1.29, 1.82) is 0 Å². The van der Waals surface area contributed by atoms with Crippen molar-refractivity contribution in [1.82, 2.24) is 0 Å². The van der Waals surface area contributed by atoms with Crippen LogP contribution < -0.4 is 5.11 Å². The molecule has 0 radical (unpaired) electrons. The molecular formula is C14H9Cl2O2S-. The Bertz CT molecular complexity index is 614. The van der Waals surface area contributed by atoms with Crippen LogP contribution in [0.5, 0.6) is 0 Å². The highest BCUT2D eigenvalue weighted by Gasteiger charge is 2.08. The van der Waals surface area contributed by atoms with Gasteiger partial charge < -0.3 is 9.90 Å². The van der Waals surface area contributed by atoms with Crippen molar-refractivity contribution in [2.24, 2.45) is 0 Å². The summed E-state index contributed by atoms with van der Waals surface area (Å²) in [6.45, 7) is 0. The molecular weight excluding hydrogens is 303 g/mol. The second kappa shape index (κ2) is 6.33. The summed E-state index contributed by atoms with van der Waals surface area (Å²) in [4.78, 5) is 12.3. The van der Waals surface area contributed by atoms with Crippen LogP contribution in [-0.2, 0) is 11.2 Å². The minimum atomic E-state index is -1.11. The Morgan fingerprint density at radius 3 is 2.58 bits per heavy atom. The largest absolute Gasteiger partial charge is 0.550 e. The summed E-state index contributed by atoms with van der Waals surface area (Å²) in [5.41, 5.74) is 0.698. The van der Waals surface area contributed by atoms with Gasteiger partial charge in [0.15, 0.2) is 0 Å². The van der Waals surface area contributed by atoms with Gasteiger partial charge in [-0.15, -0.1) is 0 Å². The Morgan fingerprint density at radius 1 is 1.11 bits per heavy atom. The van der Waals surface area contributed by atoms with Crippen molar-refractivity contribution in [3.63, 3.8) is 0 Å². The second-order valence-corrected chi connectivity index (χ2v) is 5.76. The van der Waals surface area contributed by atoms with E-state index in [1.165, 1.54) is 11.8 Å². The molecule has 0 saturated heterocycles. The first-order valence-corrected chi connectivity index (χ1v) is 7.04. The molecule has 2 nitrogen and oxygen atoms in total. The zero-order valence-corrected chi connectivity index (χ0v) is 12.1. The molecule has 5 heteroatoms. The zero-order valence-electron chi connectivity index (χ0n) is 9.73. The number of carboxylic acid groups (broad SMARTS) is 1. The lowest BCUT2D eigenvalue weighted by atomic mass is 10.1. The molecule has 0 unspecified atom stereocenters. The maximum absolute atomic E-state index is 10.7. The average molecular weight is 312 g/mol. The van der Waals surface area contributed by atoms with Crippen molar-refractivity contribution in [2.45, 2.75) is 16.2 Å². The van der Waals surface area contributed by atoms with E-state index in [9.17, 15) is 9.90 Å². The number of aliphatic carboxylic acids is 1. The Hall–Kier alpha value is -1.16. The summed E-state index contributed by atoms with van der Waals surface area (Å²) in [7, 11) is 0. The van der Waals surface area contributed by atoms with Gasteiger partial charge in [0.25, 0.3) is 0 Å². The van der Waals surface area contributed by atoms with Crippen molar-refractivity contribution in [3.8, 4) is 0 Å². The van der Waals surface area contributed by atoms with E-state index in [0.29, 0.717) is 15.6 Å². The van der Waals surface area contributed by atoms with Gasteiger partial charge in [0.1, 0.15) is 0 Å². The van der Waals surface area contributed by atoms with E-state index in [4.69, 9.17) is 23.2 Å². The van der Waals surface area contributed by atoms with E-state index >= 15 is 0 Å². The van der Waals surface area contributed by atoms with Gasteiger partial charge in [-0.3, -0.25) is 0 Å². The number of hydrogen-bond acceptors (Lipinski definition) is 3. The fourth-order valence-corrected chi connectivity index (χ4v) is 3.06. The van der Waals surface area contributed by atoms with Gasteiger partial charge in [-0.05, 0) is 29.8 Å². The smallest absolute Gasteiger partial charge is 0.0546 e. The first-order valence-electron chi connectivity index (χ1n) is 5.47. The van der Waals surface area contributed by atoms with Gasteiger partial charge in [0.05, 0.1) is 5.02 Å². The molecule has 0 amide bonds. The Morgan fingerprint density at radius 2 is 1.84 bits per heavy atom. The normalized spacial score (nSPS) is 10.4. The van der Waals surface area contributed by atoms with E-state index < -0.39 is 5.97 Å². The molecule has 98 valence electrons. The minimum absolute atomic E-state index is 0.124. The van der Waals surface area contributed by atoms with E-state index in [1.54, 1.807) is 30.3 Å². The van der Waals surface area contributed by atoms with Gasteiger partial charge in [-0.25, -0.2) is 0 Å². The quantitative estimate of drug-likeness (QED) is 0.868. The lowest BCUT2D eigenvalue weighted by Gasteiger charge is -2.10. The first kappa shape index (κ1) is 14.3. The van der Waals surface area contributed by atoms with E-state index in [0.717, 1.165) is 9.79 Å². The fourth-order valence-electron chi connectivity index (χ4n) is 1.58. The highest BCUT2D eigenvalue weighted by atomic mass is 35.5. The molecule has 0 bridgehead atoms. The van der Waals surface area contributed by atoms with E-state index in [2.05, 4.69) is 0 Å². The van der Waals surface area contributed by atoms with Gasteiger partial charge >= 0.3 is 0 Å². The maximum Gasteiger partial charge on any atom is 0.0546 e. The van der Waals surface area contributed by atoms with Crippen molar-refractivity contribution in [3.05, 3.63) is 58.1 Å². The van der Waals surface area contributed by atoms with Crippen LogP contribution in [0.4, 0.5) is 0 Å². The SMILES string of the molecule is O=C([O-])Cc1ccccc1Sc1cc(Cl)ccc1Cl. The monoisotopic (exact) mass is 311 g/mol. The summed E-state index contributed by atoms with van der Waals surface area (Å²) < 4.78 is 0. The van der Waals surface area contributed by atoms with E-state index in [1.807, 2.05) is 12.1 Å². The average Bonchev–Trinajstić information content (AvgIpc) is 2.35. The third kappa shape index (κ3) is 3.90. The topological polar surface area (TPSA) is 40.1 Å². The lowest BCUT2D eigenvalue weighted by Crippen LogP contribution is -2.24. The minimum Gasteiger partial charge on any atom is -0.550 e. The third-order valence-electron chi connectivity index (χ3n) is 2.42. The summed E-state index contributed by atoms with van der Waals surface area (Å²) in [5.74, 6) is -1.11. The molecule has 0 spiro atoms. The standard InChI is InChI=1S/C14H10Cl2O2S/c15-10-5-6-11(16)13(8-10)19-12-4-2-1-3-9(12)7-14(17)18/h1-6,8H,7H2,(H,17,18)/p-1. The first-order chi connectivity index (χ1) is 9.06. The van der Waals surface area contributed by atoms with Crippen LogP contribution in [0.15, 0.2) is 52.3 Å². The van der Waals surface area contributed by atoms with Gasteiger partial charge in [0.2, 0.25) is 0 Å². The number of hydrogen-bond donors (Lipinski definition) is 0. The number of carbonyl (C=O) groups is 1. The molecule has 0 saturated carbocycles. The number of carbonyl (C=O) groups excluding carboxylic acids is 1. The third-order valence-corrected chi connectivity index (χ3v) is 4.27. The number of rotatable bonds is 4. The van der Waals surface area contributed by atoms with Crippen LogP contribution in [0.2, 0.25) is 10.0 Å². The van der Waals surface area contributed by atoms with Crippen LogP contribution in [0, 0.1) is 0 Å². The van der Waals surface area contributed by atoms with Crippen LogP contribution in [0.25, 0.3) is 0 Å². The molecule has 0 aromatic heterocycles. The second-order valence-electron chi connectivity index (χ2n) is 3.83. The molecule has 0 fully saturated rings. The number of halogens is 2. The Balaban J connectivity index is 2.32. The van der Waals surface area contributed by atoms with Crippen molar-refractivity contribution >= 4 is 40.9 Å². The molecule has 0 aliphatic carbocycles. The predicted octanol–water partition coefficient (Wildman–Crippen LogP) is 3.44. The van der Waals surface area contributed by atoms with E-state index in [-0.39, 0.29) is 6.42 Å². The molecule has 0 N–H and O–H groups in total. The fraction of sp³-hybridized carbons (Fsp3) is 0.0714. The maximum atomic E-state index is 10.7. The van der Waals surface area contributed by atoms with Crippen LogP contribution in [0.1, 0.15) is 5.56 Å². The van der Waals surface area contributed by atoms with Gasteiger partial charge in [-0.1, -0.05) is 53.2 Å². The summed E-state index contributed by atoms with van der Waals surface area (Å²) in [6.07, 6.45) is -0.124. The molecule has 19 heavy (non-hydrogen) atoms. The number of benzene rings is 2. The summed E-state index contributed by atoms with van der Waals surface area (Å²) in [5, 5.41) is 11.9. The Kier molecular flexibility index (Phi) is 4.75. The molecule has 0 aliphatic heterocycles. The zero-order chi connectivity index (χ0) is 13.8. The van der Waals surface area contributed by atoms with Gasteiger partial charge in [-0.2, -0.15) is 0 Å². The summed E-state index contributed by atoms with van der Waals surface area (Å²) >= 11 is 13.4. The molecule has 0 heterocycles. The highest BCUT2D eigenvalue weighted by molar-refractivity contribution is 7.99. The van der Waals surface area contributed by atoms with Crippen molar-refractivity contribution in [2.75, 3.05) is 0 Å². The highest BCUT2D eigenvalue weighted by Crippen LogP contribution is 2.36. The lowest BCUT2D eigenvalue weighted by molar-refractivity contribution is -0.304. The Labute approximate surface area is 125 Å². The molecule has 2 aromatic rings. The van der Waals surface area contributed by atoms with Gasteiger partial charge in [0, 0.05) is 27.2 Å². The molecule has 0 aliphatic rings. The summed E-state index contributed by atoms with van der Waals surface area (Å²) in [6, 6.07) is 12.4. The molecule has 2 aromatic carbocycles. The predicted molar refractivity (Wildman–Crippen MR) is 75.7 cm³/mol. The van der Waals surface area contributed by atoms with Crippen LogP contribution >= 0.6 is 35.0 Å². The molecule has 0 atom stereocenters. The molecule has 2 rings (SSSR count). The van der Waals surface area contributed by atoms with Crippen LogP contribution in [-0.4, -0.2) is 5.97 Å².